The number of aryl methyl sites for hydroxylation is 1. The van der Waals surface area contributed by atoms with Gasteiger partial charge in [-0.3, -0.25) is 4.79 Å². The summed E-state index contributed by atoms with van der Waals surface area (Å²) in [5, 5.41) is 26.1. The second-order valence-electron chi connectivity index (χ2n) is 7.87. The minimum atomic E-state index is -1.05. The molecule has 8 nitrogen and oxygen atoms in total. The van der Waals surface area contributed by atoms with Gasteiger partial charge in [0, 0.05) is 6.42 Å². The first-order chi connectivity index (χ1) is 15.0. The highest BCUT2D eigenvalue weighted by atomic mass is 32.1. The third kappa shape index (κ3) is 5.16. The van der Waals surface area contributed by atoms with Gasteiger partial charge in [0.05, 0.1) is 0 Å². The van der Waals surface area contributed by atoms with E-state index in [1.54, 1.807) is 30.3 Å². The molecule has 1 saturated carbocycles. The number of anilines is 1. The van der Waals surface area contributed by atoms with Gasteiger partial charge in [0.2, 0.25) is 0 Å². The van der Waals surface area contributed by atoms with Gasteiger partial charge in [-0.15, -0.1) is 0 Å². The normalized spacial score (nSPS) is 18.0. The smallest absolute Gasteiger partial charge is 0.341 e. The van der Waals surface area contributed by atoms with E-state index in [0.29, 0.717) is 16.4 Å². The number of amides is 1. The van der Waals surface area contributed by atoms with Crippen LogP contribution in [0, 0.1) is 11.3 Å². The summed E-state index contributed by atoms with van der Waals surface area (Å²) in [6, 6.07) is 6.68. The van der Waals surface area contributed by atoms with E-state index >= 15 is 0 Å². The lowest BCUT2D eigenvalue weighted by Gasteiger charge is -2.20. The number of hydrogen-bond acceptors (Lipinski definition) is 6. The van der Waals surface area contributed by atoms with E-state index in [1.807, 2.05) is 0 Å². The van der Waals surface area contributed by atoms with E-state index < -0.39 is 12.6 Å². The lowest BCUT2D eigenvalue weighted by Crippen LogP contribution is -2.53. The quantitative estimate of drug-likeness (QED) is 0.450. The number of aromatic nitrogens is 2. The number of carbonyl (C=O) groups excluding carboxylic acids is 1. The molecule has 1 aliphatic carbocycles. The number of aliphatic carboxylic acids is 1. The molecule has 4 rings (SSSR count). The Bertz CT molecular complexity index is 1020. The van der Waals surface area contributed by atoms with E-state index in [0.717, 1.165) is 23.8 Å². The van der Waals surface area contributed by atoms with E-state index in [1.165, 1.54) is 48.1 Å². The van der Waals surface area contributed by atoms with E-state index in [-0.39, 0.29) is 17.3 Å². The first kappa shape index (κ1) is 21.2. The molecule has 0 saturated heterocycles. The summed E-state index contributed by atoms with van der Waals surface area (Å²) in [7, 11) is 0. The van der Waals surface area contributed by atoms with Gasteiger partial charge in [0.1, 0.15) is 16.3 Å². The number of carboxylic acids is 1. The van der Waals surface area contributed by atoms with Gasteiger partial charge >= 0.3 is 17.0 Å². The predicted octanol–water partition coefficient (Wildman–Crippen LogP) is 3.27. The van der Waals surface area contributed by atoms with Crippen molar-refractivity contribution in [2.45, 2.75) is 44.9 Å². The number of benzene rings is 1. The summed E-state index contributed by atoms with van der Waals surface area (Å²) < 4.78 is 6.61. The zero-order valence-corrected chi connectivity index (χ0v) is 17.9. The highest BCUT2D eigenvalue weighted by Crippen LogP contribution is 2.29. The van der Waals surface area contributed by atoms with Gasteiger partial charge in [0.25, 0.3) is 5.84 Å². The average molecular weight is 442 g/mol. The zero-order valence-electron chi connectivity index (χ0n) is 17.1. The summed E-state index contributed by atoms with van der Waals surface area (Å²) >= 11 is 1.44. The van der Waals surface area contributed by atoms with Crippen molar-refractivity contribution in [1.82, 2.24) is 5.10 Å². The fraction of sp³-hybridized carbons (Fsp3) is 0.409. The summed E-state index contributed by atoms with van der Waals surface area (Å²) in [6.07, 6.45) is 10.1. The van der Waals surface area contributed by atoms with Gasteiger partial charge in [-0.25, -0.2) is 10.1 Å². The Labute approximate surface area is 184 Å². The van der Waals surface area contributed by atoms with Crippen LogP contribution in [0.2, 0.25) is 0 Å². The maximum Gasteiger partial charge on any atom is 0.341 e. The number of hydrogen-bond donors (Lipinski definition) is 3. The Morgan fingerprint density at radius 2 is 2.03 bits per heavy atom. The lowest BCUT2D eigenvalue weighted by molar-refractivity contribution is -0.603. The molecule has 1 aliphatic heterocycles. The molecule has 2 heterocycles. The predicted molar refractivity (Wildman–Crippen MR) is 117 cm³/mol. The molecule has 0 spiro atoms. The van der Waals surface area contributed by atoms with Crippen LogP contribution in [0.3, 0.4) is 0 Å². The summed E-state index contributed by atoms with van der Waals surface area (Å²) in [4.78, 5) is 23.2. The molecule has 1 aromatic carbocycles. The summed E-state index contributed by atoms with van der Waals surface area (Å²) in [5.41, 5.74) is 0.926. The number of ether oxygens (including phenoxy) is 1. The minimum Gasteiger partial charge on any atom is -0.482 e. The molecular weight excluding hydrogens is 416 g/mol. The Kier molecular flexibility index (Phi) is 6.41. The fourth-order valence-corrected chi connectivity index (χ4v) is 4.89. The first-order valence-electron chi connectivity index (χ1n) is 10.5. The monoisotopic (exact) mass is 441 g/mol. The minimum absolute atomic E-state index is 0.0464. The number of rotatable bonds is 7. The second kappa shape index (κ2) is 9.38. The van der Waals surface area contributed by atoms with Crippen LogP contribution in [0.1, 0.15) is 49.1 Å². The highest BCUT2D eigenvalue weighted by molar-refractivity contribution is 7.15. The molecule has 3 N–H and O–H groups in total. The molecule has 0 radical (unpaired) electrons. The van der Waals surface area contributed by atoms with Gasteiger partial charge in [-0.2, -0.15) is 5.41 Å². The standard InChI is InChI=1S/C22H24N4O4S/c23-20-17(12-15-6-9-16(10-7-15)30-13-19(27)28)21(29)24-22-26(20)25-18(31-22)11-8-14-4-2-1-3-5-14/h6-7,9-10,12,14,23H,1-5,8,11,13H2,(H,27,28)/p+1/b17-12-,23-20?. The van der Waals surface area contributed by atoms with Crippen LogP contribution in [0.25, 0.3) is 6.08 Å². The molecule has 0 unspecified atom stereocenters. The van der Waals surface area contributed by atoms with Crippen LogP contribution >= 0.6 is 11.3 Å². The number of nitrogens with zero attached hydrogens (tertiary/aromatic N) is 2. The lowest BCUT2D eigenvalue weighted by atomic mass is 9.86. The molecular formula is C22H25N4O4S+. The molecule has 162 valence electrons. The summed E-state index contributed by atoms with van der Waals surface area (Å²) in [5.74, 6) is -0.158. The van der Waals surface area contributed by atoms with Crippen molar-refractivity contribution in [2.24, 2.45) is 5.92 Å². The van der Waals surface area contributed by atoms with Crippen molar-refractivity contribution >= 4 is 40.3 Å². The van der Waals surface area contributed by atoms with E-state index in [9.17, 15) is 9.59 Å². The Hall–Kier alpha value is -3.07. The van der Waals surface area contributed by atoms with Crippen molar-refractivity contribution in [3.05, 3.63) is 40.4 Å². The van der Waals surface area contributed by atoms with Gasteiger partial charge in [0.15, 0.2) is 6.61 Å². The molecule has 2 aromatic rings. The van der Waals surface area contributed by atoms with Gasteiger partial charge in [-0.05, 0) is 47.4 Å². The second-order valence-corrected chi connectivity index (χ2v) is 8.93. The molecule has 31 heavy (non-hydrogen) atoms. The third-order valence-corrected chi connectivity index (χ3v) is 6.58. The third-order valence-electron chi connectivity index (χ3n) is 5.60. The van der Waals surface area contributed by atoms with Crippen LogP contribution < -0.4 is 14.7 Å². The number of fused-ring (bicyclic) bond motifs is 1. The van der Waals surface area contributed by atoms with Crippen molar-refractivity contribution in [3.63, 3.8) is 0 Å². The molecule has 0 atom stereocenters. The van der Waals surface area contributed by atoms with Crippen molar-refractivity contribution in [3.8, 4) is 5.75 Å². The van der Waals surface area contributed by atoms with Crippen LogP contribution in [0.15, 0.2) is 29.8 Å². The summed E-state index contributed by atoms with van der Waals surface area (Å²) in [6.45, 7) is -0.417. The topological polar surface area (TPSA) is 116 Å². The van der Waals surface area contributed by atoms with Crippen LogP contribution in [-0.2, 0) is 16.0 Å². The molecule has 1 aromatic heterocycles. The Morgan fingerprint density at radius 1 is 1.29 bits per heavy atom. The molecule has 1 amide bonds. The largest absolute Gasteiger partial charge is 0.482 e. The van der Waals surface area contributed by atoms with E-state index in [4.69, 9.17) is 15.3 Å². The zero-order chi connectivity index (χ0) is 21.8. The van der Waals surface area contributed by atoms with Gasteiger partial charge < -0.3 is 9.84 Å². The highest BCUT2D eigenvalue weighted by Gasteiger charge is 2.35. The molecule has 2 aliphatic rings. The SMILES string of the molecule is N=C1/C(=C/c2ccc(OCC(=O)O)cc2)C(=O)Nc2sc(CCC3CCCCC3)n[n+]21. The molecule has 1 fully saturated rings. The molecule has 0 bridgehead atoms. The van der Waals surface area contributed by atoms with Crippen LogP contribution in [0.5, 0.6) is 5.75 Å². The average Bonchev–Trinajstić information content (AvgIpc) is 3.18. The maximum atomic E-state index is 12.6. The van der Waals surface area contributed by atoms with E-state index in [2.05, 4.69) is 10.4 Å². The van der Waals surface area contributed by atoms with Crippen molar-refractivity contribution in [2.75, 3.05) is 11.9 Å². The number of nitrogens with one attached hydrogen (secondary N) is 2. The van der Waals surface area contributed by atoms with Crippen LogP contribution in [-0.4, -0.2) is 34.5 Å². The van der Waals surface area contributed by atoms with Crippen molar-refractivity contribution < 1.29 is 24.1 Å². The maximum absolute atomic E-state index is 12.6. The first-order valence-corrected chi connectivity index (χ1v) is 11.3. The van der Waals surface area contributed by atoms with Crippen molar-refractivity contribution in [1.29, 1.82) is 5.41 Å². The Balaban J connectivity index is 1.45. The van der Waals surface area contributed by atoms with Crippen LogP contribution in [0.4, 0.5) is 5.13 Å². The number of carboxylic acid groups (broad SMARTS) is 1. The fourth-order valence-electron chi connectivity index (χ4n) is 3.96. The van der Waals surface area contributed by atoms with Gasteiger partial charge in [-0.1, -0.05) is 54.0 Å². The number of carbonyl (C=O) groups is 2. The Morgan fingerprint density at radius 3 is 2.74 bits per heavy atom. The molecule has 9 heteroatoms.